The number of rotatable bonds is 6. The van der Waals surface area contributed by atoms with E-state index in [0.717, 1.165) is 29.9 Å². The highest BCUT2D eigenvalue weighted by Crippen LogP contribution is 2.40. The topological polar surface area (TPSA) is 40.8 Å². The molecule has 1 aliphatic rings. The molecule has 2 heterocycles. The van der Waals surface area contributed by atoms with Crippen molar-refractivity contribution in [1.82, 2.24) is 0 Å². The fraction of sp³-hybridized carbons (Fsp3) is 0.304. The van der Waals surface area contributed by atoms with Crippen LogP contribution in [-0.2, 0) is 16.1 Å². The normalized spacial score (nSPS) is 22.5. The van der Waals surface area contributed by atoms with Gasteiger partial charge in [-0.15, -0.1) is 0 Å². The molecule has 0 radical (unpaired) electrons. The van der Waals surface area contributed by atoms with E-state index in [1.807, 2.05) is 54.6 Å². The Labute approximate surface area is 159 Å². The molecule has 3 aromatic rings. The van der Waals surface area contributed by atoms with Crippen LogP contribution >= 0.6 is 0 Å². The first kappa shape index (κ1) is 17.8. The maximum absolute atomic E-state index is 6.34. The second kappa shape index (κ2) is 8.42. The third-order valence-electron chi connectivity index (χ3n) is 4.96. The van der Waals surface area contributed by atoms with Gasteiger partial charge < -0.3 is 18.6 Å². The minimum atomic E-state index is -0.0974. The second-order valence-electron chi connectivity index (χ2n) is 6.79. The average Bonchev–Trinajstić information content (AvgIpc) is 3.28. The van der Waals surface area contributed by atoms with Gasteiger partial charge in [-0.2, -0.15) is 0 Å². The molecule has 27 heavy (non-hydrogen) atoms. The van der Waals surface area contributed by atoms with E-state index in [4.69, 9.17) is 18.6 Å². The van der Waals surface area contributed by atoms with Crippen LogP contribution in [-0.4, -0.2) is 13.2 Å². The summed E-state index contributed by atoms with van der Waals surface area (Å²) in [4.78, 5) is 0. The first-order valence-corrected chi connectivity index (χ1v) is 9.30. The number of hydrogen-bond donors (Lipinski definition) is 0. The van der Waals surface area contributed by atoms with E-state index in [1.54, 1.807) is 13.4 Å². The second-order valence-corrected chi connectivity index (χ2v) is 6.79. The third kappa shape index (κ3) is 4.41. The smallest absolute Gasteiger partial charge is 0.132 e. The van der Waals surface area contributed by atoms with E-state index in [9.17, 15) is 0 Å². The van der Waals surface area contributed by atoms with Crippen molar-refractivity contribution in [3.63, 3.8) is 0 Å². The Kier molecular flexibility index (Phi) is 5.56. The van der Waals surface area contributed by atoms with E-state index >= 15 is 0 Å². The molecule has 1 fully saturated rings. The highest BCUT2D eigenvalue weighted by Gasteiger charge is 2.33. The highest BCUT2D eigenvalue weighted by molar-refractivity contribution is 5.26. The lowest BCUT2D eigenvalue weighted by Crippen LogP contribution is -2.28. The van der Waals surface area contributed by atoms with E-state index in [0.29, 0.717) is 6.61 Å². The molecule has 4 rings (SSSR count). The summed E-state index contributed by atoms with van der Waals surface area (Å²) in [5.74, 6) is 1.71. The fourth-order valence-electron chi connectivity index (χ4n) is 3.50. The van der Waals surface area contributed by atoms with Gasteiger partial charge in [0.25, 0.3) is 0 Å². The molecular formula is C23H24O4. The number of ether oxygens (including phenoxy) is 3. The Morgan fingerprint density at radius 3 is 2.37 bits per heavy atom. The van der Waals surface area contributed by atoms with Gasteiger partial charge >= 0.3 is 0 Å². The molecule has 0 amide bonds. The van der Waals surface area contributed by atoms with Crippen LogP contribution < -0.4 is 4.74 Å². The number of hydrogen-bond acceptors (Lipinski definition) is 4. The van der Waals surface area contributed by atoms with E-state index < -0.39 is 0 Å². The first-order valence-electron chi connectivity index (χ1n) is 9.30. The average molecular weight is 364 g/mol. The molecule has 0 spiro atoms. The van der Waals surface area contributed by atoms with Gasteiger partial charge in [0.1, 0.15) is 17.6 Å². The van der Waals surface area contributed by atoms with E-state index in [-0.39, 0.29) is 18.3 Å². The van der Waals surface area contributed by atoms with Gasteiger partial charge in [-0.3, -0.25) is 0 Å². The number of furan rings is 1. The predicted molar refractivity (Wildman–Crippen MR) is 103 cm³/mol. The van der Waals surface area contributed by atoms with Crippen molar-refractivity contribution in [3.05, 3.63) is 89.9 Å². The highest BCUT2D eigenvalue weighted by atomic mass is 16.5. The SMILES string of the molecule is COc1ccc(CO[C@@H]2C[C@@H](c3ccccc3)O[C@H](c3ccco3)C2)cc1. The summed E-state index contributed by atoms with van der Waals surface area (Å²) in [7, 11) is 1.67. The van der Waals surface area contributed by atoms with E-state index in [1.165, 1.54) is 5.56 Å². The fourth-order valence-corrected chi connectivity index (χ4v) is 3.50. The van der Waals surface area contributed by atoms with Crippen LogP contribution in [0.1, 0.15) is 41.9 Å². The van der Waals surface area contributed by atoms with Crippen LogP contribution in [0, 0.1) is 0 Å². The van der Waals surface area contributed by atoms with Gasteiger partial charge in [0, 0.05) is 12.8 Å². The monoisotopic (exact) mass is 364 g/mol. The first-order chi connectivity index (χ1) is 13.3. The van der Waals surface area contributed by atoms with Crippen molar-refractivity contribution < 1.29 is 18.6 Å². The maximum Gasteiger partial charge on any atom is 0.132 e. The molecule has 0 aliphatic carbocycles. The minimum Gasteiger partial charge on any atom is -0.497 e. The van der Waals surface area contributed by atoms with Gasteiger partial charge in [-0.1, -0.05) is 42.5 Å². The van der Waals surface area contributed by atoms with Crippen LogP contribution in [0.5, 0.6) is 5.75 Å². The summed E-state index contributed by atoms with van der Waals surface area (Å²) in [6.07, 6.45) is 3.31. The van der Waals surface area contributed by atoms with Crippen molar-refractivity contribution in [1.29, 1.82) is 0 Å². The molecular weight excluding hydrogens is 340 g/mol. The van der Waals surface area contributed by atoms with Gasteiger partial charge in [0.15, 0.2) is 0 Å². The van der Waals surface area contributed by atoms with Crippen molar-refractivity contribution >= 4 is 0 Å². The molecule has 0 unspecified atom stereocenters. The van der Waals surface area contributed by atoms with E-state index in [2.05, 4.69) is 12.1 Å². The molecule has 2 aromatic carbocycles. The Morgan fingerprint density at radius 1 is 0.889 bits per heavy atom. The van der Waals surface area contributed by atoms with Crippen molar-refractivity contribution in [2.24, 2.45) is 0 Å². The quantitative estimate of drug-likeness (QED) is 0.582. The van der Waals surface area contributed by atoms with Crippen LogP contribution in [0.15, 0.2) is 77.4 Å². The number of benzene rings is 2. The molecule has 4 nitrogen and oxygen atoms in total. The molecule has 0 N–H and O–H groups in total. The summed E-state index contributed by atoms with van der Waals surface area (Å²) in [6.45, 7) is 0.570. The predicted octanol–water partition coefficient (Wildman–Crippen LogP) is 5.47. The summed E-state index contributed by atoms with van der Waals surface area (Å²) < 4.78 is 23.4. The largest absolute Gasteiger partial charge is 0.497 e. The molecule has 1 aliphatic heterocycles. The Morgan fingerprint density at radius 2 is 1.67 bits per heavy atom. The summed E-state index contributed by atoms with van der Waals surface area (Å²) >= 11 is 0. The van der Waals surface area contributed by atoms with Crippen LogP contribution in [0.3, 0.4) is 0 Å². The van der Waals surface area contributed by atoms with Gasteiger partial charge in [-0.25, -0.2) is 0 Å². The third-order valence-corrected chi connectivity index (χ3v) is 4.96. The molecule has 0 saturated carbocycles. The van der Waals surface area contributed by atoms with Crippen LogP contribution in [0.4, 0.5) is 0 Å². The Balaban J connectivity index is 1.46. The number of methoxy groups -OCH3 is 1. The van der Waals surface area contributed by atoms with Crippen molar-refractivity contribution in [3.8, 4) is 5.75 Å². The van der Waals surface area contributed by atoms with Crippen molar-refractivity contribution in [2.75, 3.05) is 7.11 Å². The lowest BCUT2D eigenvalue weighted by molar-refractivity contribution is -0.129. The zero-order chi connectivity index (χ0) is 18.5. The Bertz CT molecular complexity index is 811. The molecule has 4 heteroatoms. The zero-order valence-corrected chi connectivity index (χ0v) is 15.4. The lowest BCUT2D eigenvalue weighted by atomic mass is 9.95. The maximum atomic E-state index is 6.34. The summed E-state index contributed by atoms with van der Waals surface area (Å²) in [5.41, 5.74) is 2.31. The molecule has 140 valence electrons. The van der Waals surface area contributed by atoms with Crippen molar-refractivity contribution in [2.45, 2.75) is 37.8 Å². The molecule has 3 atom stereocenters. The van der Waals surface area contributed by atoms with Crippen LogP contribution in [0.25, 0.3) is 0 Å². The molecule has 0 bridgehead atoms. The lowest BCUT2D eigenvalue weighted by Gasteiger charge is -2.35. The molecule has 1 aromatic heterocycles. The zero-order valence-electron chi connectivity index (χ0n) is 15.4. The summed E-state index contributed by atoms with van der Waals surface area (Å²) in [6, 6.07) is 22.2. The van der Waals surface area contributed by atoms with Crippen LogP contribution in [0.2, 0.25) is 0 Å². The standard InChI is InChI=1S/C23H24O4/c1-24-19-11-9-17(10-12-19)16-26-20-14-22(18-6-3-2-4-7-18)27-23(15-20)21-8-5-13-25-21/h2-13,20,22-23H,14-16H2,1H3/t20-,22+,23+/m1/s1. The minimum absolute atomic E-state index is 0.00378. The van der Waals surface area contributed by atoms with Gasteiger partial charge in [-0.05, 0) is 35.4 Å². The molecule has 1 saturated heterocycles. The van der Waals surface area contributed by atoms with Gasteiger partial charge in [0.2, 0.25) is 0 Å². The Hall–Kier alpha value is -2.56. The van der Waals surface area contributed by atoms with Gasteiger partial charge in [0.05, 0.1) is 32.2 Å². The summed E-state index contributed by atoms with van der Waals surface area (Å²) in [5, 5.41) is 0.